The molecule has 1 aliphatic rings. The quantitative estimate of drug-likeness (QED) is 0.912. The molecule has 3 rings (SSSR count). The van der Waals surface area contributed by atoms with E-state index < -0.39 is 0 Å². The van der Waals surface area contributed by atoms with Crippen molar-refractivity contribution in [2.24, 2.45) is 5.92 Å². The van der Waals surface area contributed by atoms with E-state index >= 15 is 0 Å². The van der Waals surface area contributed by atoms with Crippen molar-refractivity contribution in [1.29, 1.82) is 0 Å². The molecule has 106 valence electrons. The second-order valence-corrected chi connectivity index (χ2v) is 5.68. The van der Waals surface area contributed by atoms with Crippen LogP contribution in [0.1, 0.15) is 9.67 Å². The second kappa shape index (κ2) is 6.88. The molecule has 1 aromatic carbocycles. The fourth-order valence-corrected chi connectivity index (χ4v) is 2.97. The Hall–Kier alpha value is -1.36. The predicted molar refractivity (Wildman–Crippen MR) is 85.7 cm³/mol. The smallest absolute Gasteiger partial charge is 0.261 e. The molecule has 0 radical (unpaired) electrons. The Morgan fingerprint density at radius 1 is 1.25 bits per heavy atom. The van der Waals surface area contributed by atoms with Gasteiger partial charge in [0, 0.05) is 31.1 Å². The normalized spacial score (nSPS) is 14.2. The molecule has 2 heterocycles. The number of nitrogens with one attached hydrogen (secondary N) is 2. The third-order valence-corrected chi connectivity index (χ3v) is 4.29. The van der Waals surface area contributed by atoms with Gasteiger partial charge in [0.2, 0.25) is 0 Å². The SMILES string of the molecule is Cl.O=C(NCC1CNC1)c1sccc1-c1ccccc1. The summed E-state index contributed by atoms with van der Waals surface area (Å²) in [6, 6.07) is 12.1. The fraction of sp³-hybridized carbons (Fsp3) is 0.267. The van der Waals surface area contributed by atoms with Crippen LogP contribution in [0.3, 0.4) is 0 Å². The fourth-order valence-electron chi connectivity index (χ4n) is 2.14. The van der Waals surface area contributed by atoms with Crippen molar-refractivity contribution >= 4 is 29.7 Å². The molecule has 0 spiro atoms. The molecule has 3 nitrogen and oxygen atoms in total. The lowest BCUT2D eigenvalue weighted by Gasteiger charge is -2.27. The van der Waals surface area contributed by atoms with Gasteiger partial charge < -0.3 is 10.6 Å². The van der Waals surface area contributed by atoms with Gasteiger partial charge in [0.25, 0.3) is 5.91 Å². The van der Waals surface area contributed by atoms with E-state index in [4.69, 9.17) is 0 Å². The lowest BCUT2D eigenvalue weighted by molar-refractivity contribution is 0.0947. The average Bonchev–Trinajstić information content (AvgIpc) is 2.87. The van der Waals surface area contributed by atoms with Crippen LogP contribution in [0.25, 0.3) is 11.1 Å². The van der Waals surface area contributed by atoms with Crippen molar-refractivity contribution in [3.8, 4) is 11.1 Å². The highest BCUT2D eigenvalue weighted by atomic mass is 35.5. The van der Waals surface area contributed by atoms with Gasteiger partial charge in [-0.25, -0.2) is 0 Å². The summed E-state index contributed by atoms with van der Waals surface area (Å²) in [5.74, 6) is 0.629. The van der Waals surface area contributed by atoms with Gasteiger partial charge in [0.05, 0.1) is 4.88 Å². The van der Waals surface area contributed by atoms with Gasteiger partial charge in [0.15, 0.2) is 0 Å². The predicted octanol–water partition coefficient (Wildman–Crippen LogP) is 2.79. The molecule has 1 saturated heterocycles. The van der Waals surface area contributed by atoms with Crippen LogP contribution in [-0.4, -0.2) is 25.5 Å². The van der Waals surface area contributed by atoms with Crippen molar-refractivity contribution in [3.63, 3.8) is 0 Å². The van der Waals surface area contributed by atoms with Crippen molar-refractivity contribution in [2.75, 3.05) is 19.6 Å². The summed E-state index contributed by atoms with van der Waals surface area (Å²) in [5, 5.41) is 8.21. The zero-order valence-electron chi connectivity index (χ0n) is 11.0. The first kappa shape index (κ1) is 15.0. The van der Waals surface area contributed by atoms with Crippen LogP contribution in [0.2, 0.25) is 0 Å². The number of rotatable bonds is 4. The number of benzene rings is 1. The van der Waals surface area contributed by atoms with E-state index in [0.717, 1.165) is 35.6 Å². The van der Waals surface area contributed by atoms with Gasteiger partial charge in [-0.3, -0.25) is 4.79 Å². The molecule has 2 N–H and O–H groups in total. The molecule has 1 amide bonds. The van der Waals surface area contributed by atoms with Crippen LogP contribution in [0.15, 0.2) is 41.8 Å². The maximum Gasteiger partial charge on any atom is 0.261 e. The van der Waals surface area contributed by atoms with Crippen LogP contribution < -0.4 is 10.6 Å². The van der Waals surface area contributed by atoms with Crippen molar-refractivity contribution in [2.45, 2.75) is 0 Å². The van der Waals surface area contributed by atoms with Crippen LogP contribution in [0.5, 0.6) is 0 Å². The summed E-state index contributed by atoms with van der Waals surface area (Å²) in [4.78, 5) is 13.0. The molecule has 20 heavy (non-hydrogen) atoms. The van der Waals surface area contributed by atoms with Gasteiger partial charge in [0.1, 0.15) is 0 Å². The first-order valence-electron chi connectivity index (χ1n) is 6.46. The standard InChI is InChI=1S/C15H16N2OS.ClH/c18-15(17-10-11-8-16-9-11)14-13(6-7-19-14)12-4-2-1-3-5-12;/h1-7,11,16H,8-10H2,(H,17,18);1H. The summed E-state index contributed by atoms with van der Waals surface area (Å²) in [6.07, 6.45) is 0. The zero-order valence-corrected chi connectivity index (χ0v) is 12.6. The number of hydrogen-bond donors (Lipinski definition) is 2. The minimum atomic E-state index is 0. The molecule has 0 aliphatic carbocycles. The number of amides is 1. The largest absolute Gasteiger partial charge is 0.351 e. The maximum atomic E-state index is 12.2. The molecule has 0 unspecified atom stereocenters. The van der Waals surface area contributed by atoms with E-state index in [2.05, 4.69) is 10.6 Å². The summed E-state index contributed by atoms with van der Waals surface area (Å²) < 4.78 is 0. The number of thiophene rings is 1. The minimum Gasteiger partial charge on any atom is -0.351 e. The van der Waals surface area contributed by atoms with E-state index in [9.17, 15) is 4.79 Å². The van der Waals surface area contributed by atoms with Gasteiger partial charge in [-0.15, -0.1) is 23.7 Å². The monoisotopic (exact) mass is 308 g/mol. The van der Waals surface area contributed by atoms with E-state index in [1.165, 1.54) is 11.3 Å². The number of carbonyl (C=O) groups excluding carboxylic acids is 1. The summed E-state index contributed by atoms with van der Waals surface area (Å²) in [5.41, 5.74) is 2.12. The molecule has 0 saturated carbocycles. The number of hydrogen-bond acceptors (Lipinski definition) is 3. The van der Waals surface area contributed by atoms with Crippen LogP contribution in [0.4, 0.5) is 0 Å². The topological polar surface area (TPSA) is 41.1 Å². The van der Waals surface area contributed by atoms with Crippen molar-refractivity contribution in [1.82, 2.24) is 10.6 Å². The molecule has 1 aliphatic heterocycles. The Morgan fingerprint density at radius 2 is 2.00 bits per heavy atom. The maximum absolute atomic E-state index is 12.2. The first-order valence-corrected chi connectivity index (χ1v) is 7.34. The number of carbonyl (C=O) groups is 1. The molecular formula is C15H17ClN2OS. The van der Waals surface area contributed by atoms with E-state index in [-0.39, 0.29) is 18.3 Å². The van der Waals surface area contributed by atoms with E-state index in [1.54, 1.807) is 0 Å². The highest BCUT2D eigenvalue weighted by Gasteiger charge is 2.19. The van der Waals surface area contributed by atoms with E-state index in [0.29, 0.717) is 5.92 Å². The highest BCUT2D eigenvalue weighted by molar-refractivity contribution is 7.12. The van der Waals surface area contributed by atoms with Gasteiger partial charge in [-0.2, -0.15) is 0 Å². The average molecular weight is 309 g/mol. The zero-order chi connectivity index (χ0) is 13.1. The van der Waals surface area contributed by atoms with Crippen LogP contribution in [-0.2, 0) is 0 Å². The Morgan fingerprint density at radius 3 is 2.65 bits per heavy atom. The Bertz CT molecular complexity index is 566. The van der Waals surface area contributed by atoms with Gasteiger partial charge >= 0.3 is 0 Å². The third kappa shape index (κ3) is 3.20. The Balaban J connectivity index is 0.00000147. The van der Waals surface area contributed by atoms with Crippen molar-refractivity contribution < 1.29 is 4.79 Å². The molecule has 5 heteroatoms. The van der Waals surface area contributed by atoms with Crippen LogP contribution >= 0.6 is 23.7 Å². The molecule has 2 aromatic rings. The van der Waals surface area contributed by atoms with Crippen molar-refractivity contribution in [3.05, 3.63) is 46.7 Å². The summed E-state index contributed by atoms with van der Waals surface area (Å²) in [6.45, 7) is 2.78. The molecule has 1 aromatic heterocycles. The molecule has 0 atom stereocenters. The molecular weight excluding hydrogens is 292 g/mol. The lowest BCUT2D eigenvalue weighted by Crippen LogP contribution is -2.48. The Labute approximate surface area is 128 Å². The third-order valence-electron chi connectivity index (χ3n) is 3.37. The Kier molecular flexibility index (Phi) is 5.17. The number of halogens is 1. The lowest BCUT2D eigenvalue weighted by atomic mass is 10.0. The van der Waals surface area contributed by atoms with E-state index in [1.807, 2.05) is 41.8 Å². The second-order valence-electron chi connectivity index (χ2n) is 4.76. The van der Waals surface area contributed by atoms with Crippen LogP contribution in [0, 0.1) is 5.92 Å². The van der Waals surface area contributed by atoms with Gasteiger partial charge in [-0.1, -0.05) is 30.3 Å². The highest BCUT2D eigenvalue weighted by Crippen LogP contribution is 2.28. The minimum absolute atomic E-state index is 0. The molecule has 0 bridgehead atoms. The first-order chi connectivity index (χ1) is 9.34. The summed E-state index contributed by atoms with van der Waals surface area (Å²) >= 11 is 1.50. The summed E-state index contributed by atoms with van der Waals surface area (Å²) in [7, 11) is 0. The van der Waals surface area contributed by atoms with Gasteiger partial charge in [-0.05, 0) is 17.0 Å². The molecule has 1 fully saturated rings.